The first kappa shape index (κ1) is 13.8. The molecule has 0 bridgehead atoms. The third-order valence-electron chi connectivity index (χ3n) is 3.45. The highest BCUT2D eigenvalue weighted by Gasteiger charge is 2.24. The van der Waals surface area contributed by atoms with Gasteiger partial charge in [-0.2, -0.15) is 15.0 Å². The molecule has 0 radical (unpaired) electrons. The molecule has 2 atom stereocenters. The molecule has 1 fully saturated rings. The molecule has 6 heteroatoms. The number of anilines is 2. The number of hydrogen-bond acceptors (Lipinski definition) is 6. The maximum absolute atomic E-state index is 5.49. The van der Waals surface area contributed by atoms with Crippen molar-refractivity contribution >= 4 is 11.9 Å². The van der Waals surface area contributed by atoms with Gasteiger partial charge >= 0.3 is 6.01 Å². The molecule has 2 N–H and O–H groups in total. The number of nitrogens with zero attached hydrogens (tertiary/aromatic N) is 3. The molecule has 1 heterocycles. The van der Waals surface area contributed by atoms with E-state index in [-0.39, 0.29) is 0 Å². The highest BCUT2D eigenvalue weighted by atomic mass is 16.5. The van der Waals surface area contributed by atoms with Crippen LogP contribution in [0.2, 0.25) is 0 Å². The summed E-state index contributed by atoms with van der Waals surface area (Å²) in [5, 5.41) is 6.34. The average Bonchev–Trinajstić information content (AvgIpc) is 2.81. The van der Waals surface area contributed by atoms with Crippen molar-refractivity contribution < 1.29 is 4.74 Å². The molecule has 6 nitrogen and oxygen atoms in total. The molecule has 2 rings (SSSR count). The monoisotopic (exact) mass is 265 g/mol. The van der Waals surface area contributed by atoms with Crippen molar-refractivity contribution in [1.29, 1.82) is 0 Å². The van der Waals surface area contributed by atoms with Crippen molar-refractivity contribution in [2.24, 2.45) is 5.92 Å². The molecule has 19 heavy (non-hydrogen) atoms. The summed E-state index contributed by atoms with van der Waals surface area (Å²) in [6.07, 6.45) is 4.64. The summed E-state index contributed by atoms with van der Waals surface area (Å²) < 4.78 is 5.49. The quantitative estimate of drug-likeness (QED) is 0.822. The van der Waals surface area contributed by atoms with Crippen LogP contribution in [-0.4, -0.2) is 34.6 Å². The molecule has 0 saturated heterocycles. The van der Waals surface area contributed by atoms with Gasteiger partial charge in [0.05, 0.1) is 6.61 Å². The van der Waals surface area contributed by atoms with Crippen LogP contribution in [0.25, 0.3) is 0 Å². The van der Waals surface area contributed by atoms with Gasteiger partial charge in [0, 0.05) is 13.1 Å². The SMILES string of the molecule is CCCOc1nc(NC)nc(NC2CCCC2C)n1. The van der Waals surface area contributed by atoms with Gasteiger partial charge in [-0.15, -0.1) is 0 Å². The zero-order valence-electron chi connectivity index (χ0n) is 11.9. The van der Waals surface area contributed by atoms with Crippen molar-refractivity contribution in [3.05, 3.63) is 0 Å². The largest absolute Gasteiger partial charge is 0.463 e. The van der Waals surface area contributed by atoms with E-state index in [1.54, 1.807) is 7.05 Å². The van der Waals surface area contributed by atoms with Crippen molar-refractivity contribution in [3.8, 4) is 6.01 Å². The van der Waals surface area contributed by atoms with Crippen molar-refractivity contribution in [1.82, 2.24) is 15.0 Å². The lowest BCUT2D eigenvalue weighted by molar-refractivity contribution is 0.292. The number of ether oxygens (including phenoxy) is 1. The van der Waals surface area contributed by atoms with Crippen LogP contribution in [0.4, 0.5) is 11.9 Å². The Morgan fingerprint density at radius 1 is 1.21 bits per heavy atom. The predicted molar refractivity (Wildman–Crippen MR) is 75.6 cm³/mol. The number of rotatable bonds is 6. The third kappa shape index (κ3) is 3.68. The highest BCUT2D eigenvalue weighted by molar-refractivity contribution is 5.36. The predicted octanol–water partition coefficient (Wildman–Crippen LogP) is 2.30. The van der Waals surface area contributed by atoms with Gasteiger partial charge in [-0.3, -0.25) is 0 Å². The Hall–Kier alpha value is -1.59. The summed E-state index contributed by atoms with van der Waals surface area (Å²) in [6, 6.07) is 0.834. The standard InChI is InChI=1S/C13H23N5O/c1-4-8-19-13-17-11(14-3)16-12(18-13)15-10-7-5-6-9(10)2/h9-10H,4-8H2,1-3H3,(H2,14,15,16,17,18). The number of aromatic nitrogens is 3. The molecule has 0 spiro atoms. The second kappa shape index (κ2) is 6.54. The molecule has 106 valence electrons. The summed E-state index contributed by atoms with van der Waals surface area (Å²) in [4.78, 5) is 12.8. The van der Waals surface area contributed by atoms with Crippen LogP contribution in [0, 0.1) is 5.92 Å². The fraction of sp³-hybridized carbons (Fsp3) is 0.769. The van der Waals surface area contributed by atoms with Crippen LogP contribution in [0.15, 0.2) is 0 Å². The van der Waals surface area contributed by atoms with Gasteiger partial charge in [-0.05, 0) is 25.2 Å². The molecule has 1 aromatic heterocycles. The van der Waals surface area contributed by atoms with E-state index in [0.29, 0.717) is 36.5 Å². The lowest BCUT2D eigenvalue weighted by Gasteiger charge is -2.17. The van der Waals surface area contributed by atoms with Crippen LogP contribution in [-0.2, 0) is 0 Å². The Balaban J connectivity index is 2.09. The molecule has 1 aromatic rings. The fourth-order valence-electron chi connectivity index (χ4n) is 2.32. The Kier molecular flexibility index (Phi) is 4.76. The molecular formula is C13H23N5O. The van der Waals surface area contributed by atoms with E-state index < -0.39 is 0 Å². The normalized spacial score (nSPS) is 22.3. The van der Waals surface area contributed by atoms with Gasteiger partial charge < -0.3 is 15.4 Å². The van der Waals surface area contributed by atoms with Crippen molar-refractivity contribution in [2.45, 2.75) is 45.6 Å². The Labute approximate surface area is 114 Å². The van der Waals surface area contributed by atoms with Gasteiger partial charge in [0.25, 0.3) is 0 Å². The maximum atomic E-state index is 5.49. The highest BCUT2D eigenvalue weighted by Crippen LogP contribution is 2.27. The molecule has 2 unspecified atom stereocenters. The summed E-state index contributed by atoms with van der Waals surface area (Å²) >= 11 is 0. The van der Waals surface area contributed by atoms with Crippen molar-refractivity contribution in [2.75, 3.05) is 24.3 Å². The van der Waals surface area contributed by atoms with E-state index in [1.807, 2.05) is 0 Å². The van der Waals surface area contributed by atoms with E-state index in [9.17, 15) is 0 Å². The minimum absolute atomic E-state index is 0.384. The smallest absolute Gasteiger partial charge is 0.323 e. The first-order valence-corrected chi connectivity index (χ1v) is 7.06. The van der Waals surface area contributed by atoms with E-state index in [0.717, 1.165) is 6.42 Å². The first-order valence-electron chi connectivity index (χ1n) is 7.06. The van der Waals surface area contributed by atoms with Crippen LogP contribution < -0.4 is 15.4 Å². The third-order valence-corrected chi connectivity index (χ3v) is 3.45. The van der Waals surface area contributed by atoms with Crippen LogP contribution in [0.5, 0.6) is 6.01 Å². The topological polar surface area (TPSA) is 72.0 Å². The average molecular weight is 265 g/mol. The van der Waals surface area contributed by atoms with E-state index >= 15 is 0 Å². The molecule has 1 aliphatic rings. The van der Waals surface area contributed by atoms with Crippen LogP contribution >= 0.6 is 0 Å². The van der Waals surface area contributed by atoms with Gasteiger partial charge in [0.1, 0.15) is 0 Å². The zero-order valence-corrected chi connectivity index (χ0v) is 11.9. The molecule has 0 aromatic carbocycles. The second-order valence-corrected chi connectivity index (χ2v) is 5.02. The van der Waals surface area contributed by atoms with Crippen molar-refractivity contribution in [3.63, 3.8) is 0 Å². The number of nitrogens with one attached hydrogen (secondary N) is 2. The molecule has 1 saturated carbocycles. The van der Waals surface area contributed by atoms with E-state index in [2.05, 4.69) is 39.4 Å². The molecule has 0 aliphatic heterocycles. The van der Waals surface area contributed by atoms with Crippen LogP contribution in [0.3, 0.4) is 0 Å². The molecule has 0 amide bonds. The number of hydrogen-bond donors (Lipinski definition) is 2. The lowest BCUT2D eigenvalue weighted by atomic mass is 10.1. The summed E-state index contributed by atoms with van der Waals surface area (Å²) in [5.41, 5.74) is 0. The maximum Gasteiger partial charge on any atom is 0.323 e. The minimum Gasteiger partial charge on any atom is -0.463 e. The van der Waals surface area contributed by atoms with Gasteiger partial charge in [-0.25, -0.2) is 0 Å². The second-order valence-electron chi connectivity index (χ2n) is 5.02. The molecule has 1 aliphatic carbocycles. The Morgan fingerprint density at radius 3 is 2.63 bits per heavy atom. The fourth-order valence-corrected chi connectivity index (χ4v) is 2.32. The van der Waals surface area contributed by atoms with Gasteiger partial charge in [-0.1, -0.05) is 20.3 Å². The van der Waals surface area contributed by atoms with Crippen LogP contribution in [0.1, 0.15) is 39.5 Å². The summed E-state index contributed by atoms with van der Waals surface area (Å²) in [7, 11) is 1.79. The van der Waals surface area contributed by atoms with Gasteiger partial charge in [0.15, 0.2) is 0 Å². The zero-order chi connectivity index (χ0) is 13.7. The minimum atomic E-state index is 0.384. The Morgan fingerprint density at radius 2 is 2.00 bits per heavy atom. The van der Waals surface area contributed by atoms with Gasteiger partial charge in [0.2, 0.25) is 11.9 Å². The molecular weight excluding hydrogens is 242 g/mol. The lowest BCUT2D eigenvalue weighted by Crippen LogP contribution is -2.23. The Bertz CT molecular complexity index is 412. The van der Waals surface area contributed by atoms with E-state index in [4.69, 9.17) is 4.74 Å². The first-order chi connectivity index (χ1) is 9.22. The van der Waals surface area contributed by atoms with E-state index in [1.165, 1.54) is 19.3 Å². The summed E-state index contributed by atoms with van der Waals surface area (Å²) in [5.74, 6) is 1.80. The summed E-state index contributed by atoms with van der Waals surface area (Å²) in [6.45, 7) is 4.94.